The van der Waals surface area contributed by atoms with Gasteiger partial charge in [0.15, 0.2) is 0 Å². The summed E-state index contributed by atoms with van der Waals surface area (Å²) in [6.45, 7) is 2.11. The van der Waals surface area contributed by atoms with Crippen molar-refractivity contribution in [1.82, 2.24) is 0 Å². The molecule has 1 unspecified atom stereocenters. The highest BCUT2D eigenvalue weighted by Crippen LogP contribution is 2.37. The molecule has 0 N–H and O–H groups in total. The largest absolute Gasteiger partial charge is 0.497 e. The molecule has 1 nitrogen and oxygen atoms in total. The van der Waals surface area contributed by atoms with E-state index in [0.717, 1.165) is 11.3 Å². The number of hydrogen-bond donors (Lipinski definition) is 0. The van der Waals surface area contributed by atoms with Crippen LogP contribution in [-0.4, -0.2) is 7.11 Å². The Kier molecular flexibility index (Phi) is 5.03. The standard InChI is InChI=1S/C22H24O/c1-17-7-9-18(10-8-17)11-16-22(19-5-3-4-6-19)20-12-14-21(23-2)15-13-20/h7-10,12-15,19,22H,3-6H2,1-2H3. The normalized spacial score (nSPS) is 15.7. The summed E-state index contributed by atoms with van der Waals surface area (Å²) in [4.78, 5) is 0. The molecule has 2 aromatic rings. The Balaban J connectivity index is 1.87. The molecule has 118 valence electrons. The first-order chi connectivity index (χ1) is 11.3. The molecule has 0 saturated heterocycles. The first-order valence-electron chi connectivity index (χ1n) is 8.48. The Labute approximate surface area is 139 Å². The van der Waals surface area contributed by atoms with E-state index in [9.17, 15) is 0 Å². The van der Waals surface area contributed by atoms with Crippen molar-refractivity contribution >= 4 is 0 Å². The van der Waals surface area contributed by atoms with Crippen LogP contribution in [0.5, 0.6) is 5.75 Å². The molecule has 0 bridgehead atoms. The van der Waals surface area contributed by atoms with Crippen molar-refractivity contribution < 1.29 is 4.74 Å². The molecular formula is C22H24O. The molecule has 0 amide bonds. The van der Waals surface area contributed by atoms with Gasteiger partial charge in [-0.15, -0.1) is 0 Å². The van der Waals surface area contributed by atoms with Gasteiger partial charge in [-0.25, -0.2) is 0 Å². The quantitative estimate of drug-likeness (QED) is 0.696. The number of methoxy groups -OCH3 is 1. The second-order valence-corrected chi connectivity index (χ2v) is 6.43. The molecule has 0 heterocycles. The lowest BCUT2D eigenvalue weighted by atomic mass is 9.85. The zero-order valence-electron chi connectivity index (χ0n) is 14.0. The van der Waals surface area contributed by atoms with Gasteiger partial charge >= 0.3 is 0 Å². The van der Waals surface area contributed by atoms with Crippen LogP contribution in [0.25, 0.3) is 0 Å². The lowest BCUT2D eigenvalue weighted by Gasteiger charge is -2.18. The van der Waals surface area contributed by atoms with Crippen molar-refractivity contribution in [2.75, 3.05) is 7.11 Å². The van der Waals surface area contributed by atoms with Crippen molar-refractivity contribution in [3.63, 3.8) is 0 Å². The number of hydrogen-bond acceptors (Lipinski definition) is 1. The number of benzene rings is 2. The smallest absolute Gasteiger partial charge is 0.118 e. The number of aryl methyl sites for hydroxylation is 1. The van der Waals surface area contributed by atoms with Crippen molar-refractivity contribution in [2.24, 2.45) is 5.92 Å². The highest BCUT2D eigenvalue weighted by Gasteiger charge is 2.25. The minimum absolute atomic E-state index is 0.324. The Morgan fingerprint density at radius 2 is 1.61 bits per heavy atom. The fourth-order valence-corrected chi connectivity index (χ4v) is 3.37. The maximum Gasteiger partial charge on any atom is 0.118 e. The van der Waals surface area contributed by atoms with Gasteiger partial charge in [0.05, 0.1) is 7.11 Å². The van der Waals surface area contributed by atoms with Gasteiger partial charge in [-0.05, 0) is 55.5 Å². The zero-order chi connectivity index (χ0) is 16.1. The van der Waals surface area contributed by atoms with E-state index in [4.69, 9.17) is 4.74 Å². The summed E-state index contributed by atoms with van der Waals surface area (Å²) in [6.07, 6.45) is 5.26. The molecule has 1 heteroatoms. The van der Waals surface area contributed by atoms with Gasteiger partial charge in [0.2, 0.25) is 0 Å². The van der Waals surface area contributed by atoms with Crippen LogP contribution in [0.4, 0.5) is 0 Å². The lowest BCUT2D eigenvalue weighted by Crippen LogP contribution is -2.08. The molecule has 3 rings (SSSR count). The molecule has 2 aromatic carbocycles. The second-order valence-electron chi connectivity index (χ2n) is 6.43. The molecule has 1 atom stereocenters. The molecule has 23 heavy (non-hydrogen) atoms. The van der Waals surface area contributed by atoms with Crippen LogP contribution in [0.2, 0.25) is 0 Å². The number of ether oxygens (including phenoxy) is 1. The summed E-state index contributed by atoms with van der Waals surface area (Å²) in [5.74, 6) is 8.87. The molecule has 1 saturated carbocycles. The van der Waals surface area contributed by atoms with Crippen LogP contribution in [0.3, 0.4) is 0 Å². The van der Waals surface area contributed by atoms with Crippen LogP contribution < -0.4 is 4.74 Å². The highest BCUT2D eigenvalue weighted by molar-refractivity contribution is 5.40. The lowest BCUT2D eigenvalue weighted by molar-refractivity contribution is 0.414. The Morgan fingerprint density at radius 3 is 2.22 bits per heavy atom. The second kappa shape index (κ2) is 7.38. The Morgan fingerprint density at radius 1 is 0.957 bits per heavy atom. The zero-order valence-corrected chi connectivity index (χ0v) is 14.0. The van der Waals surface area contributed by atoms with Crippen molar-refractivity contribution in [3.8, 4) is 17.6 Å². The first kappa shape index (κ1) is 15.7. The van der Waals surface area contributed by atoms with Crippen molar-refractivity contribution in [2.45, 2.75) is 38.5 Å². The van der Waals surface area contributed by atoms with E-state index in [1.807, 2.05) is 12.1 Å². The molecule has 1 aliphatic rings. The molecule has 0 radical (unpaired) electrons. The predicted molar refractivity (Wildman–Crippen MR) is 95.8 cm³/mol. The van der Waals surface area contributed by atoms with Gasteiger partial charge in [0.1, 0.15) is 5.75 Å². The van der Waals surface area contributed by atoms with Crippen molar-refractivity contribution in [3.05, 3.63) is 65.2 Å². The third-order valence-corrected chi connectivity index (χ3v) is 4.77. The van der Waals surface area contributed by atoms with E-state index in [0.29, 0.717) is 11.8 Å². The minimum atomic E-state index is 0.324. The SMILES string of the molecule is COc1ccc(C(C#Cc2ccc(C)cc2)C2CCCC2)cc1. The van der Waals surface area contributed by atoms with Crippen LogP contribution in [0.1, 0.15) is 48.3 Å². The summed E-state index contributed by atoms with van der Waals surface area (Å²) in [6, 6.07) is 16.9. The van der Waals surface area contributed by atoms with Crippen LogP contribution in [0.15, 0.2) is 48.5 Å². The first-order valence-corrected chi connectivity index (χ1v) is 8.48. The molecule has 0 aliphatic heterocycles. The van der Waals surface area contributed by atoms with Gasteiger partial charge in [-0.2, -0.15) is 0 Å². The molecule has 0 aromatic heterocycles. The third-order valence-electron chi connectivity index (χ3n) is 4.77. The van der Waals surface area contributed by atoms with Gasteiger partial charge in [0.25, 0.3) is 0 Å². The van der Waals surface area contributed by atoms with Gasteiger partial charge in [0, 0.05) is 11.5 Å². The summed E-state index contributed by atoms with van der Waals surface area (Å²) in [5, 5.41) is 0. The Hall–Kier alpha value is -2.20. The molecule has 1 aliphatic carbocycles. The third kappa shape index (κ3) is 3.96. The van der Waals surface area contributed by atoms with E-state index < -0.39 is 0 Å². The highest BCUT2D eigenvalue weighted by atomic mass is 16.5. The van der Waals surface area contributed by atoms with Crippen molar-refractivity contribution in [1.29, 1.82) is 0 Å². The Bertz CT molecular complexity index is 679. The maximum atomic E-state index is 5.28. The monoisotopic (exact) mass is 304 g/mol. The van der Waals surface area contributed by atoms with Crippen LogP contribution in [0, 0.1) is 24.7 Å². The molecule has 1 fully saturated rings. The topological polar surface area (TPSA) is 9.23 Å². The summed E-state index contributed by atoms with van der Waals surface area (Å²) in [7, 11) is 1.71. The summed E-state index contributed by atoms with van der Waals surface area (Å²) < 4.78 is 5.28. The van der Waals surface area contributed by atoms with E-state index in [1.54, 1.807) is 7.11 Å². The molecular weight excluding hydrogens is 280 g/mol. The maximum absolute atomic E-state index is 5.28. The van der Waals surface area contributed by atoms with Crippen LogP contribution >= 0.6 is 0 Å². The number of rotatable bonds is 3. The molecule has 0 spiro atoms. The fraction of sp³-hybridized carbons (Fsp3) is 0.364. The average Bonchev–Trinajstić information content (AvgIpc) is 3.12. The van der Waals surface area contributed by atoms with E-state index in [2.05, 4.69) is 55.2 Å². The predicted octanol–water partition coefficient (Wildman–Crippen LogP) is 5.33. The minimum Gasteiger partial charge on any atom is -0.497 e. The van der Waals surface area contributed by atoms with E-state index in [1.165, 1.54) is 36.8 Å². The summed E-state index contributed by atoms with van der Waals surface area (Å²) >= 11 is 0. The van der Waals surface area contributed by atoms with Gasteiger partial charge in [-0.3, -0.25) is 0 Å². The van der Waals surface area contributed by atoms with Gasteiger partial charge in [-0.1, -0.05) is 54.5 Å². The van der Waals surface area contributed by atoms with Gasteiger partial charge < -0.3 is 4.74 Å². The van der Waals surface area contributed by atoms with E-state index in [-0.39, 0.29) is 0 Å². The average molecular weight is 304 g/mol. The van der Waals surface area contributed by atoms with Crippen LogP contribution in [-0.2, 0) is 0 Å². The van der Waals surface area contributed by atoms with E-state index >= 15 is 0 Å². The fourth-order valence-electron chi connectivity index (χ4n) is 3.37. The summed E-state index contributed by atoms with van der Waals surface area (Å²) in [5.41, 5.74) is 3.70.